The SMILES string of the molecule is Cc1ccc(NC2CCCCC2C(C)C)c(C)n1. The van der Waals surface area contributed by atoms with Crippen molar-refractivity contribution in [3.63, 3.8) is 0 Å². The van der Waals surface area contributed by atoms with Crippen LogP contribution in [0.25, 0.3) is 0 Å². The molecule has 0 bridgehead atoms. The summed E-state index contributed by atoms with van der Waals surface area (Å²) in [7, 11) is 0. The lowest BCUT2D eigenvalue weighted by atomic mass is 9.78. The third-order valence-corrected chi connectivity index (χ3v) is 4.24. The molecule has 1 N–H and O–H groups in total. The smallest absolute Gasteiger partial charge is 0.0606 e. The lowest BCUT2D eigenvalue weighted by Crippen LogP contribution is -2.35. The van der Waals surface area contributed by atoms with Crippen LogP contribution < -0.4 is 5.32 Å². The molecule has 1 fully saturated rings. The van der Waals surface area contributed by atoms with Crippen molar-refractivity contribution < 1.29 is 0 Å². The molecule has 0 radical (unpaired) electrons. The van der Waals surface area contributed by atoms with Crippen molar-refractivity contribution in [2.75, 3.05) is 5.32 Å². The Labute approximate surface area is 111 Å². The maximum atomic E-state index is 4.55. The standard InChI is InChI=1S/C16H26N2/c1-11(2)14-7-5-6-8-16(14)18-15-10-9-12(3)17-13(15)4/h9-11,14,16,18H,5-8H2,1-4H3. The number of rotatable bonds is 3. The van der Waals surface area contributed by atoms with Crippen molar-refractivity contribution in [3.8, 4) is 0 Å². The molecule has 1 aliphatic carbocycles. The highest BCUT2D eigenvalue weighted by atomic mass is 15.0. The van der Waals surface area contributed by atoms with Gasteiger partial charge in [-0.15, -0.1) is 0 Å². The van der Waals surface area contributed by atoms with Crippen molar-refractivity contribution in [3.05, 3.63) is 23.5 Å². The highest BCUT2D eigenvalue weighted by molar-refractivity contribution is 5.48. The summed E-state index contributed by atoms with van der Waals surface area (Å²) in [6.07, 6.45) is 5.43. The van der Waals surface area contributed by atoms with Gasteiger partial charge in [-0.3, -0.25) is 4.98 Å². The summed E-state index contributed by atoms with van der Waals surface area (Å²) in [5, 5.41) is 3.75. The molecule has 0 spiro atoms. The molecule has 1 aromatic rings. The molecular formula is C16H26N2. The molecule has 2 rings (SSSR count). The minimum atomic E-state index is 0.627. The number of nitrogens with one attached hydrogen (secondary N) is 1. The zero-order valence-corrected chi connectivity index (χ0v) is 12.2. The van der Waals surface area contributed by atoms with Crippen LogP contribution in [-0.4, -0.2) is 11.0 Å². The number of pyridine rings is 1. The van der Waals surface area contributed by atoms with Crippen LogP contribution >= 0.6 is 0 Å². The molecule has 1 saturated carbocycles. The first-order valence-electron chi connectivity index (χ1n) is 7.28. The van der Waals surface area contributed by atoms with Crippen molar-refractivity contribution in [1.82, 2.24) is 4.98 Å². The molecule has 2 unspecified atom stereocenters. The summed E-state index contributed by atoms with van der Waals surface area (Å²) >= 11 is 0. The van der Waals surface area contributed by atoms with E-state index in [2.05, 4.69) is 43.2 Å². The number of nitrogens with zero attached hydrogens (tertiary/aromatic N) is 1. The molecular weight excluding hydrogens is 220 g/mol. The van der Waals surface area contributed by atoms with E-state index < -0.39 is 0 Å². The first-order valence-corrected chi connectivity index (χ1v) is 7.28. The van der Waals surface area contributed by atoms with E-state index in [1.807, 2.05) is 6.92 Å². The summed E-state index contributed by atoms with van der Waals surface area (Å²) in [6, 6.07) is 4.91. The van der Waals surface area contributed by atoms with Crippen LogP contribution in [0.4, 0.5) is 5.69 Å². The third kappa shape index (κ3) is 3.04. The average molecular weight is 246 g/mol. The molecule has 18 heavy (non-hydrogen) atoms. The Hall–Kier alpha value is -1.05. The van der Waals surface area contributed by atoms with E-state index in [9.17, 15) is 0 Å². The van der Waals surface area contributed by atoms with Gasteiger partial charge in [-0.05, 0) is 50.7 Å². The second-order valence-corrected chi connectivity index (χ2v) is 6.03. The predicted octanol–water partition coefficient (Wildman–Crippen LogP) is 4.33. The van der Waals surface area contributed by atoms with Gasteiger partial charge in [0.1, 0.15) is 0 Å². The minimum Gasteiger partial charge on any atom is -0.381 e. The van der Waals surface area contributed by atoms with E-state index in [1.165, 1.54) is 31.4 Å². The fourth-order valence-corrected chi connectivity index (χ4v) is 3.18. The minimum absolute atomic E-state index is 0.627. The van der Waals surface area contributed by atoms with E-state index in [0.29, 0.717) is 6.04 Å². The molecule has 2 heteroatoms. The molecule has 100 valence electrons. The average Bonchev–Trinajstić information content (AvgIpc) is 2.33. The first kappa shape index (κ1) is 13.4. The summed E-state index contributed by atoms with van der Waals surface area (Å²) in [5.41, 5.74) is 3.45. The van der Waals surface area contributed by atoms with Crippen molar-refractivity contribution in [2.45, 2.75) is 59.4 Å². The lowest BCUT2D eigenvalue weighted by molar-refractivity contribution is 0.253. The normalized spacial score (nSPS) is 24.3. The van der Waals surface area contributed by atoms with Gasteiger partial charge in [-0.2, -0.15) is 0 Å². The van der Waals surface area contributed by atoms with Gasteiger partial charge in [0, 0.05) is 11.7 Å². The van der Waals surface area contributed by atoms with Crippen LogP contribution in [0, 0.1) is 25.7 Å². The monoisotopic (exact) mass is 246 g/mol. The fourth-order valence-electron chi connectivity index (χ4n) is 3.18. The number of hydrogen-bond acceptors (Lipinski definition) is 2. The lowest BCUT2D eigenvalue weighted by Gasteiger charge is -2.35. The van der Waals surface area contributed by atoms with Crippen molar-refractivity contribution in [2.24, 2.45) is 11.8 Å². The Balaban J connectivity index is 2.11. The molecule has 1 heterocycles. The largest absolute Gasteiger partial charge is 0.381 e. The predicted molar refractivity (Wildman–Crippen MR) is 77.9 cm³/mol. The highest BCUT2D eigenvalue weighted by Crippen LogP contribution is 2.32. The van der Waals surface area contributed by atoms with Gasteiger partial charge in [0.05, 0.1) is 11.4 Å². The van der Waals surface area contributed by atoms with Crippen LogP contribution in [0.3, 0.4) is 0 Å². The zero-order chi connectivity index (χ0) is 13.1. The van der Waals surface area contributed by atoms with Crippen molar-refractivity contribution >= 4 is 5.69 Å². The van der Waals surface area contributed by atoms with Crippen LogP contribution in [0.2, 0.25) is 0 Å². The Morgan fingerprint density at radius 3 is 2.56 bits per heavy atom. The van der Waals surface area contributed by atoms with E-state index in [4.69, 9.17) is 0 Å². The van der Waals surface area contributed by atoms with Gasteiger partial charge in [0.15, 0.2) is 0 Å². The Morgan fingerprint density at radius 2 is 1.89 bits per heavy atom. The Kier molecular flexibility index (Phi) is 4.26. The summed E-state index contributed by atoms with van der Waals surface area (Å²) in [5.74, 6) is 1.57. The second kappa shape index (κ2) is 5.73. The van der Waals surface area contributed by atoms with Crippen LogP contribution in [0.15, 0.2) is 12.1 Å². The first-order chi connectivity index (χ1) is 8.58. The fraction of sp³-hybridized carbons (Fsp3) is 0.688. The van der Waals surface area contributed by atoms with Gasteiger partial charge in [0.2, 0.25) is 0 Å². The highest BCUT2D eigenvalue weighted by Gasteiger charge is 2.27. The number of anilines is 1. The van der Waals surface area contributed by atoms with Crippen molar-refractivity contribution in [1.29, 1.82) is 0 Å². The van der Waals surface area contributed by atoms with E-state index >= 15 is 0 Å². The van der Waals surface area contributed by atoms with Crippen LogP contribution in [0.5, 0.6) is 0 Å². The number of aromatic nitrogens is 1. The zero-order valence-electron chi connectivity index (χ0n) is 12.2. The van der Waals surface area contributed by atoms with Gasteiger partial charge < -0.3 is 5.32 Å². The van der Waals surface area contributed by atoms with Gasteiger partial charge in [0.25, 0.3) is 0 Å². The molecule has 1 aromatic heterocycles. The van der Waals surface area contributed by atoms with Crippen LogP contribution in [-0.2, 0) is 0 Å². The van der Waals surface area contributed by atoms with Gasteiger partial charge >= 0.3 is 0 Å². The van der Waals surface area contributed by atoms with E-state index in [1.54, 1.807) is 0 Å². The third-order valence-electron chi connectivity index (χ3n) is 4.24. The summed E-state index contributed by atoms with van der Waals surface area (Å²) < 4.78 is 0. The molecule has 0 amide bonds. The molecule has 1 aliphatic rings. The van der Waals surface area contributed by atoms with Gasteiger partial charge in [-0.1, -0.05) is 26.7 Å². The van der Waals surface area contributed by atoms with Crippen LogP contribution in [0.1, 0.15) is 50.9 Å². The maximum absolute atomic E-state index is 4.55. The number of aryl methyl sites for hydroxylation is 2. The van der Waals surface area contributed by atoms with E-state index in [0.717, 1.165) is 23.2 Å². The summed E-state index contributed by atoms with van der Waals surface area (Å²) in [6.45, 7) is 8.85. The molecule has 0 aliphatic heterocycles. The summed E-state index contributed by atoms with van der Waals surface area (Å²) in [4.78, 5) is 4.55. The Morgan fingerprint density at radius 1 is 1.17 bits per heavy atom. The Bertz CT molecular complexity index is 398. The van der Waals surface area contributed by atoms with E-state index in [-0.39, 0.29) is 0 Å². The quantitative estimate of drug-likeness (QED) is 0.859. The maximum Gasteiger partial charge on any atom is 0.0606 e. The molecule has 2 atom stereocenters. The number of hydrogen-bond donors (Lipinski definition) is 1. The molecule has 2 nitrogen and oxygen atoms in total. The molecule has 0 saturated heterocycles. The van der Waals surface area contributed by atoms with Gasteiger partial charge in [-0.25, -0.2) is 0 Å². The molecule has 0 aromatic carbocycles. The second-order valence-electron chi connectivity index (χ2n) is 6.03. The topological polar surface area (TPSA) is 24.9 Å².